The van der Waals surface area contributed by atoms with Crippen molar-refractivity contribution in [3.63, 3.8) is 0 Å². The molecule has 0 atom stereocenters. The van der Waals surface area contributed by atoms with Crippen molar-refractivity contribution in [1.29, 1.82) is 0 Å². The Bertz CT molecular complexity index is 1080. The normalized spacial score (nSPS) is 10.7. The van der Waals surface area contributed by atoms with Crippen molar-refractivity contribution in [2.45, 2.75) is 38.5 Å². The van der Waals surface area contributed by atoms with Crippen LogP contribution in [0.5, 0.6) is 11.5 Å². The monoisotopic (exact) mass is 494 g/mol. The molecule has 0 bridgehead atoms. The molecule has 0 aliphatic rings. The number of carbonyl (C=O) groups excluding carboxylic acids is 1. The van der Waals surface area contributed by atoms with E-state index in [1.807, 2.05) is 30.3 Å². The third kappa shape index (κ3) is 7.74. The number of nitrogens with two attached hydrogens (primary N) is 1. The van der Waals surface area contributed by atoms with E-state index in [1.165, 1.54) is 16.7 Å². The first-order valence-corrected chi connectivity index (χ1v) is 12.5. The number of methoxy groups -OCH3 is 2. The standard InChI is InChI=1S/C29H35ClN2O3/c1-34-24-14-9-21(10-15-24)5-3-7-23-13-18-27(29(33)32-20-19-31)28(30)26(23)8-4-6-22-11-16-25(35-2)17-12-22/h9-18H,3-8,19-20,31H2,1-2H3,(H,32,33). The van der Waals surface area contributed by atoms with Crippen LogP contribution in [0.4, 0.5) is 0 Å². The lowest BCUT2D eigenvalue weighted by molar-refractivity contribution is 0.0955. The Morgan fingerprint density at radius 1 is 0.800 bits per heavy atom. The Kier molecular flexibility index (Phi) is 10.5. The number of hydrogen-bond donors (Lipinski definition) is 2. The summed E-state index contributed by atoms with van der Waals surface area (Å²) in [7, 11) is 3.35. The van der Waals surface area contributed by atoms with Crippen LogP contribution in [0.25, 0.3) is 0 Å². The van der Waals surface area contributed by atoms with Crippen LogP contribution in [0, 0.1) is 0 Å². The number of hydrogen-bond acceptors (Lipinski definition) is 4. The Morgan fingerprint density at radius 3 is 1.86 bits per heavy atom. The second-order valence-electron chi connectivity index (χ2n) is 8.51. The highest BCUT2D eigenvalue weighted by atomic mass is 35.5. The maximum absolute atomic E-state index is 12.6. The van der Waals surface area contributed by atoms with Gasteiger partial charge in [0.2, 0.25) is 0 Å². The number of aryl methyl sites for hydroxylation is 3. The summed E-state index contributed by atoms with van der Waals surface area (Å²) >= 11 is 6.82. The minimum absolute atomic E-state index is 0.179. The van der Waals surface area contributed by atoms with Gasteiger partial charge in [-0.05, 0) is 91.1 Å². The summed E-state index contributed by atoms with van der Waals surface area (Å²) in [5.74, 6) is 1.54. The van der Waals surface area contributed by atoms with Crippen molar-refractivity contribution in [3.8, 4) is 11.5 Å². The fraction of sp³-hybridized carbons (Fsp3) is 0.345. The number of halogens is 1. The van der Waals surface area contributed by atoms with Crippen LogP contribution in [0.1, 0.15) is 45.5 Å². The summed E-state index contributed by atoms with van der Waals surface area (Å²) in [5.41, 5.74) is 10.8. The molecule has 0 fully saturated rings. The second-order valence-corrected chi connectivity index (χ2v) is 8.89. The van der Waals surface area contributed by atoms with Crippen LogP contribution >= 0.6 is 11.6 Å². The zero-order chi connectivity index (χ0) is 25.0. The van der Waals surface area contributed by atoms with Crippen LogP contribution < -0.4 is 20.5 Å². The molecule has 3 rings (SSSR count). The van der Waals surface area contributed by atoms with E-state index in [4.69, 9.17) is 26.8 Å². The first-order valence-electron chi connectivity index (χ1n) is 12.1. The number of rotatable bonds is 13. The maximum Gasteiger partial charge on any atom is 0.252 e. The van der Waals surface area contributed by atoms with Gasteiger partial charge < -0.3 is 20.5 Å². The largest absolute Gasteiger partial charge is 0.497 e. The van der Waals surface area contributed by atoms with Crippen LogP contribution in [-0.2, 0) is 25.7 Å². The lowest BCUT2D eigenvalue weighted by Crippen LogP contribution is -2.29. The summed E-state index contributed by atoms with van der Waals surface area (Å²) in [6, 6.07) is 20.2. The number of nitrogens with one attached hydrogen (secondary N) is 1. The lowest BCUT2D eigenvalue weighted by atomic mass is 9.93. The van der Waals surface area contributed by atoms with Crippen LogP contribution in [-0.4, -0.2) is 33.2 Å². The molecule has 3 N–H and O–H groups in total. The van der Waals surface area contributed by atoms with E-state index in [0.29, 0.717) is 23.7 Å². The molecule has 0 unspecified atom stereocenters. The van der Waals surface area contributed by atoms with Gasteiger partial charge in [-0.2, -0.15) is 0 Å². The zero-order valence-electron chi connectivity index (χ0n) is 20.6. The summed E-state index contributed by atoms with van der Waals surface area (Å²) in [5, 5.41) is 3.38. The zero-order valence-corrected chi connectivity index (χ0v) is 21.4. The van der Waals surface area contributed by atoms with Crippen LogP contribution in [0.3, 0.4) is 0 Å². The quantitative estimate of drug-likeness (QED) is 0.334. The van der Waals surface area contributed by atoms with Gasteiger partial charge in [-0.25, -0.2) is 0 Å². The van der Waals surface area contributed by atoms with Gasteiger partial charge in [0, 0.05) is 13.1 Å². The molecule has 5 nitrogen and oxygen atoms in total. The molecular formula is C29H35ClN2O3. The smallest absolute Gasteiger partial charge is 0.252 e. The lowest BCUT2D eigenvalue weighted by Gasteiger charge is -2.16. The van der Waals surface area contributed by atoms with Crippen molar-refractivity contribution in [2.75, 3.05) is 27.3 Å². The topological polar surface area (TPSA) is 73.6 Å². The Morgan fingerprint density at radius 2 is 1.34 bits per heavy atom. The predicted molar refractivity (Wildman–Crippen MR) is 143 cm³/mol. The Hall–Kier alpha value is -3.02. The van der Waals surface area contributed by atoms with E-state index >= 15 is 0 Å². The summed E-state index contributed by atoms with van der Waals surface area (Å²) in [6.07, 6.45) is 5.52. The minimum atomic E-state index is -0.179. The second kappa shape index (κ2) is 13.8. The number of ether oxygens (including phenoxy) is 2. The Labute approximate surface area is 213 Å². The van der Waals surface area contributed by atoms with E-state index < -0.39 is 0 Å². The van der Waals surface area contributed by atoms with Crippen molar-refractivity contribution >= 4 is 17.5 Å². The highest BCUT2D eigenvalue weighted by Gasteiger charge is 2.16. The molecule has 35 heavy (non-hydrogen) atoms. The van der Waals surface area contributed by atoms with Gasteiger partial charge in [-0.1, -0.05) is 41.9 Å². The van der Waals surface area contributed by atoms with Gasteiger partial charge in [0.15, 0.2) is 0 Å². The molecule has 3 aromatic carbocycles. The molecule has 0 radical (unpaired) electrons. The van der Waals surface area contributed by atoms with Gasteiger partial charge >= 0.3 is 0 Å². The summed E-state index contributed by atoms with van der Waals surface area (Å²) in [6.45, 7) is 0.813. The molecule has 0 aliphatic carbocycles. The first-order chi connectivity index (χ1) is 17.0. The maximum atomic E-state index is 12.6. The van der Waals surface area contributed by atoms with E-state index in [-0.39, 0.29) is 5.91 Å². The van der Waals surface area contributed by atoms with E-state index in [1.54, 1.807) is 14.2 Å². The number of amides is 1. The van der Waals surface area contributed by atoms with Gasteiger partial charge in [0.25, 0.3) is 5.91 Å². The summed E-state index contributed by atoms with van der Waals surface area (Å²) < 4.78 is 10.5. The molecular weight excluding hydrogens is 460 g/mol. The molecule has 3 aromatic rings. The van der Waals surface area contributed by atoms with Gasteiger partial charge in [-0.3, -0.25) is 4.79 Å². The fourth-order valence-corrected chi connectivity index (χ4v) is 4.52. The SMILES string of the molecule is COc1ccc(CCCc2ccc(C(=O)NCCN)c(Cl)c2CCCc2ccc(OC)cc2)cc1. The molecule has 186 valence electrons. The van der Waals surface area contributed by atoms with Crippen molar-refractivity contribution in [1.82, 2.24) is 5.32 Å². The van der Waals surface area contributed by atoms with E-state index in [0.717, 1.165) is 55.6 Å². The van der Waals surface area contributed by atoms with Crippen molar-refractivity contribution in [3.05, 3.63) is 93.5 Å². The molecule has 0 aromatic heterocycles. The Balaban J connectivity index is 1.71. The van der Waals surface area contributed by atoms with Gasteiger partial charge in [0.05, 0.1) is 24.8 Å². The molecule has 6 heteroatoms. The highest BCUT2D eigenvalue weighted by Crippen LogP contribution is 2.28. The van der Waals surface area contributed by atoms with Crippen LogP contribution in [0.15, 0.2) is 60.7 Å². The third-order valence-electron chi connectivity index (χ3n) is 6.14. The highest BCUT2D eigenvalue weighted by molar-refractivity contribution is 6.34. The molecule has 0 saturated heterocycles. The predicted octanol–water partition coefficient (Wildman–Crippen LogP) is 5.40. The van der Waals surface area contributed by atoms with Gasteiger partial charge in [0.1, 0.15) is 11.5 Å². The minimum Gasteiger partial charge on any atom is -0.497 e. The summed E-state index contributed by atoms with van der Waals surface area (Å²) in [4.78, 5) is 12.6. The number of benzene rings is 3. The van der Waals surface area contributed by atoms with Gasteiger partial charge in [-0.15, -0.1) is 0 Å². The first kappa shape index (κ1) is 26.6. The van der Waals surface area contributed by atoms with E-state index in [2.05, 4.69) is 35.6 Å². The van der Waals surface area contributed by atoms with Crippen LogP contribution in [0.2, 0.25) is 5.02 Å². The number of carbonyl (C=O) groups is 1. The van der Waals surface area contributed by atoms with Crippen molar-refractivity contribution in [2.24, 2.45) is 5.73 Å². The molecule has 0 aliphatic heterocycles. The third-order valence-corrected chi connectivity index (χ3v) is 6.57. The molecule has 1 amide bonds. The molecule has 0 saturated carbocycles. The van der Waals surface area contributed by atoms with Crippen molar-refractivity contribution < 1.29 is 14.3 Å². The fourth-order valence-electron chi connectivity index (χ4n) is 4.16. The molecule has 0 heterocycles. The average Bonchev–Trinajstić information content (AvgIpc) is 2.89. The average molecular weight is 495 g/mol. The molecule has 0 spiro atoms. The van der Waals surface area contributed by atoms with E-state index in [9.17, 15) is 4.79 Å².